The third-order valence-electron chi connectivity index (χ3n) is 4.34. The Morgan fingerprint density at radius 3 is 2.70 bits per heavy atom. The van der Waals surface area contributed by atoms with Gasteiger partial charge >= 0.3 is 0 Å². The molecule has 178 valence electrons. The molecule has 13 nitrogen and oxygen atoms in total. The Kier molecular flexibility index (Phi) is 7.18. The third-order valence-corrected chi connectivity index (χ3v) is 5.06. The van der Waals surface area contributed by atoms with Gasteiger partial charge in [-0.3, -0.25) is 4.55 Å². The van der Waals surface area contributed by atoms with Gasteiger partial charge in [-0.2, -0.15) is 8.42 Å². The van der Waals surface area contributed by atoms with Crippen LogP contribution in [0, 0.1) is 11.8 Å². The molecule has 0 aliphatic rings. The summed E-state index contributed by atoms with van der Waals surface area (Å²) >= 11 is 0. The van der Waals surface area contributed by atoms with Crippen molar-refractivity contribution >= 4 is 27.0 Å². The number of ether oxygens (including phenoxy) is 1. The Morgan fingerprint density at radius 2 is 2.09 bits per heavy atom. The summed E-state index contributed by atoms with van der Waals surface area (Å²) in [4.78, 5) is 8.96. The Labute approximate surface area is 190 Å². The van der Waals surface area contributed by atoms with Crippen LogP contribution in [0.4, 0.5) is 5.82 Å². The van der Waals surface area contributed by atoms with Crippen molar-refractivity contribution < 1.29 is 27.4 Å². The van der Waals surface area contributed by atoms with E-state index >= 15 is 0 Å². The summed E-state index contributed by atoms with van der Waals surface area (Å²) in [6.45, 7) is 6.08. The molecule has 0 aromatic carbocycles. The van der Waals surface area contributed by atoms with E-state index in [9.17, 15) is 13.5 Å². The number of hydrogen-bond acceptors (Lipinski definition) is 11. The molecule has 14 heteroatoms. The van der Waals surface area contributed by atoms with Crippen LogP contribution < -0.4 is 15.8 Å². The summed E-state index contributed by atoms with van der Waals surface area (Å²) in [5.74, 6) is 6.05. The SMILES string of the molecule is CCn1c(-c2nonc2N)nc2c(C#CC(C)(C)O)ncc(OCCNCCS(=O)(=O)O)c21. The summed E-state index contributed by atoms with van der Waals surface area (Å²) in [6.07, 6.45) is 1.50. The van der Waals surface area contributed by atoms with Crippen molar-refractivity contribution in [3.63, 3.8) is 0 Å². The van der Waals surface area contributed by atoms with Crippen molar-refractivity contribution in [1.29, 1.82) is 0 Å². The summed E-state index contributed by atoms with van der Waals surface area (Å²) < 4.78 is 42.8. The summed E-state index contributed by atoms with van der Waals surface area (Å²) in [5, 5.41) is 20.3. The Hall–Kier alpha value is -3.25. The fourth-order valence-corrected chi connectivity index (χ4v) is 3.32. The molecule has 0 fully saturated rings. The van der Waals surface area contributed by atoms with Crippen LogP contribution in [-0.4, -0.2) is 74.0 Å². The molecule has 0 atom stereocenters. The van der Waals surface area contributed by atoms with Gasteiger partial charge in [0.1, 0.15) is 28.9 Å². The molecular formula is C19H25N7O6S. The monoisotopic (exact) mass is 479 g/mol. The second-order valence-corrected chi connectivity index (χ2v) is 9.11. The van der Waals surface area contributed by atoms with Gasteiger partial charge in [-0.1, -0.05) is 5.92 Å². The normalized spacial score (nSPS) is 12.0. The molecular weight excluding hydrogens is 454 g/mol. The van der Waals surface area contributed by atoms with Gasteiger partial charge in [0.25, 0.3) is 10.1 Å². The van der Waals surface area contributed by atoms with Gasteiger partial charge in [-0.25, -0.2) is 14.6 Å². The first-order chi connectivity index (χ1) is 15.5. The maximum Gasteiger partial charge on any atom is 0.266 e. The number of imidazole rings is 1. The number of nitrogens with zero attached hydrogens (tertiary/aromatic N) is 5. The molecule has 0 spiro atoms. The van der Waals surface area contributed by atoms with E-state index in [1.54, 1.807) is 13.8 Å². The van der Waals surface area contributed by atoms with E-state index in [2.05, 4.69) is 37.4 Å². The van der Waals surface area contributed by atoms with Crippen LogP contribution in [0.1, 0.15) is 26.5 Å². The largest absolute Gasteiger partial charge is 0.488 e. The predicted molar refractivity (Wildman–Crippen MR) is 119 cm³/mol. The molecule has 0 saturated heterocycles. The number of aryl methyl sites for hydroxylation is 1. The van der Waals surface area contributed by atoms with Gasteiger partial charge in [0.15, 0.2) is 23.1 Å². The molecule has 3 aromatic rings. The number of aromatic nitrogens is 5. The molecule has 3 heterocycles. The summed E-state index contributed by atoms with van der Waals surface area (Å²) in [5.41, 5.74) is 6.23. The molecule has 0 bridgehead atoms. The summed E-state index contributed by atoms with van der Waals surface area (Å²) in [6, 6.07) is 0. The smallest absolute Gasteiger partial charge is 0.266 e. The molecule has 0 unspecified atom stereocenters. The van der Waals surface area contributed by atoms with Crippen molar-refractivity contribution in [3.8, 4) is 29.1 Å². The number of anilines is 1. The van der Waals surface area contributed by atoms with E-state index < -0.39 is 21.5 Å². The number of rotatable bonds is 9. The molecule has 0 aliphatic carbocycles. The first-order valence-corrected chi connectivity index (χ1v) is 11.6. The molecule has 5 N–H and O–H groups in total. The first kappa shape index (κ1) is 24.4. The molecule has 3 rings (SSSR count). The number of aliphatic hydroxyl groups is 1. The van der Waals surface area contributed by atoms with Crippen molar-refractivity contribution in [2.75, 3.05) is 31.2 Å². The van der Waals surface area contributed by atoms with Gasteiger partial charge in [0.05, 0.1) is 11.9 Å². The minimum atomic E-state index is -4.03. The highest BCUT2D eigenvalue weighted by molar-refractivity contribution is 7.85. The maximum absolute atomic E-state index is 10.8. The average molecular weight is 480 g/mol. The number of nitrogens with two attached hydrogens (primary N) is 1. The lowest BCUT2D eigenvalue weighted by atomic mass is 10.1. The number of fused-ring (bicyclic) bond motifs is 1. The maximum atomic E-state index is 10.8. The van der Waals surface area contributed by atoms with Gasteiger partial charge in [0.2, 0.25) is 0 Å². The molecule has 0 aliphatic heterocycles. The molecule has 3 aromatic heterocycles. The number of nitrogens with one attached hydrogen (secondary N) is 1. The van der Waals surface area contributed by atoms with Crippen LogP contribution >= 0.6 is 0 Å². The molecule has 0 amide bonds. The second-order valence-electron chi connectivity index (χ2n) is 7.54. The van der Waals surface area contributed by atoms with Crippen LogP contribution in [0.3, 0.4) is 0 Å². The minimum Gasteiger partial charge on any atom is -0.488 e. The molecule has 33 heavy (non-hydrogen) atoms. The second kappa shape index (κ2) is 9.71. The predicted octanol–water partition coefficient (Wildman–Crippen LogP) is 0.0620. The lowest BCUT2D eigenvalue weighted by Crippen LogP contribution is -2.26. The quantitative estimate of drug-likeness (QED) is 0.184. The number of hydrogen-bond donors (Lipinski definition) is 4. The Morgan fingerprint density at radius 1 is 1.33 bits per heavy atom. The van der Waals surface area contributed by atoms with Gasteiger partial charge in [0, 0.05) is 19.6 Å². The van der Waals surface area contributed by atoms with Crippen LogP contribution in [0.15, 0.2) is 10.8 Å². The van der Waals surface area contributed by atoms with Crippen LogP contribution in [0.2, 0.25) is 0 Å². The van der Waals surface area contributed by atoms with Crippen LogP contribution in [-0.2, 0) is 16.7 Å². The standard InChI is InChI=1S/C19H25N7O6S/c1-4-26-16-13(31-9-7-21-8-10-33(28,29)30)11-22-12(5-6-19(2,3)27)14(16)23-18(26)15-17(20)25-32-24-15/h11,21,27H,4,7-10H2,1-3H3,(H2,20,25)(H,28,29,30). The fourth-order valence-electron chi connectivity index (χ4n) is 2.92. The van der Waals surface area contributed by atoms with Crippen molar-refractivity contribution in [2.24, 2.45) is 0 Å². The zero-order chi connectivity index (χ0) is 24.2. The van der Waals surface area contributed by atoms with Crippen LogP contribution in [0.25, 0.3) is 22.6 Å². The van der Waals surface area contributed by atoms with E-state index in [1.807, 2.05) is 11.5 Å². The van der Waals surface area contributed by atoms with E-state index in [0.29, 0.717) is 41.4 Å². The number of nitrogen functional groups attached to an aromatic ring is 1. The van der Waals surface area contributed by atoms with Gasteiger partial charge < -0.3 is 25.5 Å². The highest BCUT2D eigenvalue weighted by Crippen LogP contribution is 2.33. The lowest BCUT2D eigenvalue weighted by molar-refractivity contribution is 0.143. The van der Waals surface area contributed by atoms with Crippen molar-refractivity contribution in [1.82, 2.24) is 30.2 Å². The molecule has 0 radical (unpaired) electrons. The van der Waals surface area contributed by atoms with E-state index in [0.717, 1.165) is 0 Å². The van der Waals surface area contributed by atoms with E-state index in [1.165, 1.54) is 6.20 Å². The van der Waals surface area contributed by atoms with Gasteiger partial charge in [-0.05, 0) is 37.0 Å². The third kappa shape index (κ3) is 6.17. The van der Waals surface area contributed by atoms with Crippen molar-refractivity contribution in [3.05, 3.63) is 11.9 Å². The Bertz CT molecular complexity index is 1300. The number of pyridine rings is 1. The average Bonchev–Trinajstić information content (AvgIpc) is 3.31. The zero-order valence-electron chi connectivity index (χ0n) is 18.4. The summed E-state index contributed by atoms with van der Waals surface area (Å²) in [7, 11) is -4.03. The van der Waals surface area contributed by atoms with E-state index in [-0.39, 0.29) is 24.7 Å². The topological polar surface area (TPSA) is 192 Å². The zero-order valence-corrected chi connectivity index (χ0v) is 19.2. The van der Waals surface area contributed by atoms with E-state index in [4.69, 9.17) is 19.7 Å². The highest BCUT2D eigenvalue weighted by Gasteiger charge is 2.23. The fraction of sp³-hybridized carbons (Fsp3) is 0.474. The van der Waals surface area contributed by atoms with Gasteiger partial charge in [-0.15, -0.1) is 0 Å². The lowest BCUT2D eigenvalue weighted by Gasteiger charge is -2.11. The highest BCUT2D eigenvalue weighted by atomic mass is 32.2. The van der Waals surface area contributed by atoms with Crippen LogP contribution in [0.5, 0.6) is 5.75 Å². The first-order valence-electron chi connectivity index (χ1n) is 10.0. The van der Waals surface area contributed by atoms with Crippen molar-refractivity contribution in [2.45, 2.75) is 32.9 Å². The Balaban J connectivity index is 1.97. The minimum absolute atomic E-state index is 0.0718. The molecule has 0 saturated carbocycles.